The molecule has 0 aliphatic heterocycles. The largest absolute Gasteiger partial charge is 0.369 e. The fourth-order valence-electron chi connectivity index (χ4n) is 1.74. The molecule has 2 N–H and O–H groups in total. The molecular formula is C11H15N3O2S. The lowest BCUT2D eigenvalue weighted by atomic mass is 10.2. The molecule has 0 atom stereocenters. The van der Waals surface area contributed by atoms with Crippen molar-refractivity contribution in [3.05, 3.63) is 23.8 Å². The summed E-state index contributed by atoms with van der Waals surface area (Å²) in [6.07, 6.45) is 1.22. The van der Waals surface area contributed by atoms with Gasteiger partial charge in [-0.05, 0) is 24.6 Å². The first-order valence-electron chi connectivity index (χ1n) is 5.27. The van der Waals surface area contributed by atoms with Crippen molar-refractivity contribution >= 4 is 26.8 Å². The summed E-state index contributed by atoms with van der Waals surface area (Å²) in [4.78, 5) is 4.20. The maximum Gasteiger partial charge on any atom is 0.201 e. The molecule has 1 aromatic carbocycles. The Hall–Kier alpha value is -1.56. The molecule has 0 fully saturated rings. The molecule has 1 heterocycles. The van der Waals surface area contributed by atoms with E-state index in [1.807, 2.05) is 25.1 Å². The van der Waals surface area contributed by atoms with Gasteiger partial charge in [-0.3, -0.25) is 0 Å². The monoisotopic (exact) mass is 253 g/mol. The van der Waals surface area contributed by atoms with Crippen LogP contribution in [-0.4, -0.2) is 30.0 Å². The highest BCUT2D eigenvalue weighted by atomic mass is 32.2. The van der Waals surface area contributed by atoms with Gasteiger partial charge in [-0.2, -0.15) is 0 Å². The topological polar surface area (TPSA) is 78.0 Å². The van der Waals surface area contributed by atoms with Gasteiger partial charge in [-0.15, -0.1) is 0 Å². The summed E-state index contributed by atoms with van der Waals surface area (Å²) in [7, 11) is -3.00. The zero-order valence-corrected chi connectivity index (χ0v) is 10.7. The van der Waals surface area contributed by atoms with E-state index in [9.17, 15) is 8.42 Å². The fourth-order valence-corrected chi connectivity index (χ4v) is 2.26. The lowest BCUT2D eigenvalue weighted by Crippen LogP contribution is -2.13. The fraction of sp³-hybridized carbons (Fsp3) is 0.364. The Kier molecular flexibility index (Phi) is 2.82. The van der Waals surface area contributed by atoms with Crippen molar-refractivity contribution in [3.63, 3.8) is 0 Å². The summed E-state index contributed by atoms with van der Waals surface area (Å²) in [5.74, 6) is 0.422. The van der Waals surface area contributed by atoms with E-state index < -0.39 is 9.84 Å². The van der Waals surface area contributed by atoms with Gasteiger partial charge < -0.3 is 10.3 Å². The van der Waals surface area contributed by atoms with Crippen molar-refractivity contribution in [3.8, 4) is 0 Å². The summed E-state index contributed by atoms with van der Waals surface area (Å²) < 4.78 is 24.1. The summed E-state index contributed by atoms with van der Waals surface area (Å²) in [5.41, 5.74) is 8.56. The molecule has 6 heteroatoms. The van der Waals surface area contributed by atoms with E-state index in [2.05, 4.69) is 4.98 Å². The number of nitrogen functional groups attached to an aromatic ring is 1. The molecule has 0 amide bonds. The third-order valence-electron chi connectivity index (χ3n) is 2.62. The van der Waals surface area contributed by atoms with Gasteiger partial charge in [0, 0.05) is 12.8 Å². The molecule has 0 unspecified atom stereocenters. The molecule has 0 bridgehead atoms. The highest BCUT2D eigenvalue weighted by Crippen LogP contribution is 2.19. The van der Waals surface area contributed by atoms with E-state index in [0.29, 0.717) is 12.5 Å². The molecular weight excluding hydrogens is 238 g/mol. The number of imidazole rings is 1. The molecule has 0 aliphatic carbocycles. The van der Waals surface area contributed by atoms with Crippen LogP contribution in [0, 0.1) is 6.92 Å². The van der Waals surface area contributed by atoms with E-state index in [1.54, 1.807) is 4.57 Å². The van der Waals surface area contributed by atoms with Crippen molar-refractivity contribution < 1.29 is 8.42 Å². The lowest BCUT2D eigenvalue weighted by Gasteiger charge is -2.05. The number of benzene rings is 1. The number of aromatic nitrogens is 2. The van der Waals surface area contributed by atoms with Crippen LogP contribution < -0.4 is 5.73 Å². The van der Waals surface area contributed by atoms with Crippen LogP contribution in [0.25, 0.3) is 11.0 Å². The van der Waals surface area contributed by atoms with Crippen molar-refractivity contribution in [1.29, 1.82) is 0 Å². The minimum atomic E-state index is -3.00. The molecule has 17 heavy (non-hydrogen) atoms. The molecule has 2 aromatic rings. The predicted molar refractivity (Wildman–Crippen MR) is 68.6 cm³/mol. The molecule has 0 radical (unpaired) electrons. The number of hydrogen-bond donors (Lipinski definition) is 1. The average Bonchev–Trinajstić information content (AvgIpc) is 2.49. The minimum Gasteiger partial charge on any atom is -0.369 e. The van der Waals surface area contributed by atoms with Crippen LogP contribution in [0.3, 0.4) is 0 Å². The van der Waals surface area contributed by atoms with E-state index in [0.717, 1.165) is 16.6 Å². The first-order valence-corrected chi connectivity index (χ1v) is 7.33. The molecule has 1 aromatic heterocycles. The van der Waals surface area contributed by atoms with Crippen LogP contribution in [0.15, 0.2) is 18.2 Å². The van der Waals surface area contributed by atoms with Crippen LogP contribution in [0.2, 0.25) is 0 Å². The summed E-state index contributed by atoms with van der Waals surface area (Å²) in [5, 5.41) is 0. The first-order chi connectivity index (χ1) is 7.87. The van der Waals surface area contributed by atoms with Gasteiger partial charge in [-0.1, -0.05) is 6.07 Å². The molecule has 0 saturated carbocycles. The number of nitrogens with two attached hydrogens (primary N) is 1. The number of nitrogens with zero attached hydrogens (tertiary/aromatic N) is 2. The quantitative estimate of drug-likeness (QED) is 0.884. The van der Waals surface area contributed by atoms with E-state index >= 15 is 0 Å². The summed E-state index contributed by atoms with van der Waals surface area (Å²) in [6.45, 7) is 2.31. The second kappa shape index (κ2) is 4.03. The molecule has 92 valence electrons. The third-order valence-corrected chi connectivity index (χ3v) is 3.54. The molecule has 0 saturated heterocycles. The van der Waals surface area contributed by atoms with Gasteiger partial charge in [-0.25, -0.2) is 13.4 Å². The second-order valence-corrected chi connectivity index (χ2v) is 6.50. The average molecular weight is 253 g/mol. The maximum atomic E-state index is 11.2. The zero-order valence-electron chi connectivity index (χ0n) is 9.84. The SMILES string of the molecule is Cc1ccc2nc(N)n(CCS(C)(=O)=O)c2c1. The third kappa shape index (κ3) is 2.58. The number of anilines is 1. The van der Waals surface area contributed by atoms with Crippen molar-refractivity contribution in [2.75, 3.05) is 17.7 Å². The number of aryl methyl sites for hydroxylation is 2. The lowest BCUT2D eigenvalue weighted by molar-refractivity contribution is 0.596. The Morgan fingerprint density at radius 2 is 2.12 bits per heavy atom. The number of hydrogen-bond acceptors (Lipinski definition) is 4. The van der Waals surface area contributed by atoms with E-state index in [-0.39, 0.29) is 5.75 Å². The standard InChI is InChI=1S/C11H15N3O2S/c1-8-3-4-9-10(7-8)14(11(12)13-9)5-6-17(2,15)16/h3-4,7H,5-6H2,1-2H3,(H2,12,13). The van der Waals surface area contributed by atoms with Crippen LogP contribution in [0.1, 0.15) is 5.56 Å². The van der Waals surface area contributed by atoms with Gasteiger partial charge in [0.15, 0.2) is 0 Å². The summed E-state index contributed by atoms with van der Waals surface area (Å²) >= 11 is 0. The van der Waals surface area contributed by atoms with Crippen molar-refractivity contribution in [1.82, 2.24) is 9.55 Å². The Labute approximate surface area is 100 Å². The Morgan fingerprint density at radius 3 is 2.76 bits per heavy atom. The van der Waals surface area contributed by atoms with Crippen molar-refractivity contribution in [2.45, 2.75) is 13.5 Å². The predicted octanol–water partition coefficient (Wildman–Crippen LogP) is 0.972. The maximum absolute atomic E-state index is 11.2. The zero-order chi connectivity index (χ0) is 12.6. The highest BCUT2D eigenvalue weighted by Gasteiger charge is 2.10. The highest BCUT2D eigenvalue weighted by molar-refractivity contribution is 7.90. The van der Waals surface area contributed by atoms with Gasteiger partial charge in [0.25, 0.3) is 0 Å². The van der Waals surface area contributed by atoms with Crippen LogP contribution in [0.4, 0.5) is 5.95 Å². The van der Waals surface area contributed by atoms with Gasteiger partial charge in [0.1, 0.15) is 9.84 Å². The molecule has 0 spiro atoms. The van der Waals surface area contributed by atoms with Crippen LogP contribution in [0.5, 0.6) is 0 Å². The Bertz CT molecular complexity index is 659. The molecule has 0 aliphatic rings. The van der Waals surface area contributed by atoms with E-state index in [4.69, 9.17) is 5.73 Å². The minimum absolute atomic E-state index is 0.0661. The first kappa shape index (κ1) is 11.9. The number of rotatable bonds is 3. The normalized spacial score (nSPS) is 12.1. The number of sulfone groups is 1. The van der Waals surface area contributed by atoms with Crippen LogP contribution in [-0.2, 0) is 16.4 Å². The van der Waals surface area contributed by atoms with E-state index in [1.165, 1.54) is 6.26 Å². The van der Waals surface area contributed by atoms with Gasteiger partial charge in [0.2, 0.25) is 5.95 Å². The molecule has 2 rings (SSSR count). The molecule has 5 nitrogen and oxygen atoms in total. The van der Waals surface area contributed by atoms with Gasteiger partial charge >= 0.3 is 0 Å². The van der Waals surface area contributed by atoms with Gasteiger partial charge in [0.05, 0.1) is 16.8 Å². The van der Waals surface area contributed by atoms with Crippen LogP contribution >= 0.6 is 0 Å². The Morgan fingerprint density at radius 1 is 1.41 bits per heavy atom. The number of fused-ring (bicyclic) bond motifs is 1. The Balaban J connectivity index is 2.45. The summed E-state index contributed by atoms with van der Waals surface area (Å²) in [6, 6.07) is 5.80. The smallest absolute Gasteiger partial charge is 0.201 e. The van der Waals surface area contributed by atoms with Crippen molar-refractivity contribution in [2.24, 2.45) is 0 Å². The second-order valence-electron chi connectivity index (χ2n) is 4.24.